The zero-order valence-corrected chi connectivity index (χ0v) is 15.6. The van der Waals surface area contributed by atoms with E-state index in [0.717, 1.165) is 45.1 Å². The maximum atomic E-state index is 14.5. The van der Waals surface area contributed by atoms with Crippen LogP contribution >= 0.6 is 0 Å². The minimum absolute atomic E-state index is 0.253. The van der Waals surface area contributed by atoms with Crippen molar-refractivity contribution < 1.29 is 9.50 Å². The van der Waals surface area contributed by atoms with Crippen LogP contribution in [0.15, 0.2) is 23.1 Å². The summed E-state index contributed by atoms with van der Waals surface area (Å²) in [4.78, 5) is 12.3. The van der Waals surface area contributed by atoms with Crippen molar-refractivity contribution in [1.29, 1.82) is 0 Å². The van der Waals surface area contributed by atoms with Gasteiger partial charge in [0.1, 0.15) is 5.82 Å². The number of unbranched alkanes of at least 4 members (excludes halogenated alkanes) is 4. The van der Waals surface area contributed by atoms with E-state index in [-0.39, 0.29) is 17.2 Å². The Morgan fingerprint density at radius 2 is 1.92 bits per heavy atom. The lowest BCUT2D eigenvalue weighted by Crippen LogP contribution is -2.14. The first-order valence-corrected chi connectivity index (χ1v) is 9.93. The van der Waals surface area contributed by atoms with E-state index in [0.29, 0.717) is 11.2 Å². The molecule has 0 radical (unpaired) electrons. The van der Waals surface area contributed by atoms with Gasteiger partial charge in [-0.15, -0.1) is 0 Å². The van der Waals surface area contributed by atoms with E-state index >= 15 is 0 Å². The summed E-state index contributed by atoms with van der Waals surface area (Å²) < 4.78 is 16.4. The molecular weight excluding hydrogens is 331 g/mol. The Balaban J connectivity index is 1.86. The summed E-state index contributed by atoms with van der Waals surface area (Å²) >= 11 is 0. The molecule has 3 rings (SSSR count). The number of anilines is 1. The first kappa shape index (κ1) is 18.7. The Morgan fingerprint density at radius 1 is 1.19 bits per heavy atom. The number of nitrogens with zero attached hydrogens (tertiary/aromatic N) is 1. The molecule has 0 spiro atoms. The van der Waals surface area contributed by atoms with Crippen molar-refractivity contribution >= 4 is 16.6 Å². The van der Waals surface area contributed by atoms with E-state index in [2.05, 4.69) is 12.2 Å². The lowest BCUT2D eigenvalue weighted by Gasteiger charge is -2.19. The lowest BCUT2D eigenvalue weighted by atomic mass is 10.1. The molecule has 1 aliphatic rings. The first-order valence-electron chi connectivity index (χ1n) is 9.93. The molecule has 1 saturated carbocycles. The molecule has 2 aromatic rings. The van der Waals surface area contributed by atoms with Crippen molar-refractivity contribution in [1.82, 2.24) is 4.57 Å². The zero-order valence-electron chi connectivity index (χ0n) is 15.6. The van der Waals surface area contributed by atoms with Crippen LogP contribution in [0, 0.1) is 5.82 Å². The fourth-order valence-corrected chi connectivity index (χ4v) is 3.93. The molecule has 1 heterocycles. The van der Waals surface area contributed by atoms with Crippen molar-refractivity contribution in [3.63, 3.8) is 0 Å². The molecule has 0 bridgehead atoms. The molecule has 26 heavy (non-hydrogen) atoms. The largest absolute Gasteiger partial charge is 0.503 e. The number of aromatic hydroxyl groups is 1. The molecule has 1 fully saturated rings. The number of nitrogens with one attached hydrogen (secondary N) is 1. The molecule has 142 valence electrons. The molecule has 0 amide bonds. The van der Waals surface area contributed by atoms with E-state index < -0.39 is 11.2 Å². The number of aromatic nitrogens is 1. The number of pyridine rings is 1. The summed E-state index contributed by atoms with van der Waals surface area (Å²) in [6.45, 7) is 2.91. The van der Waals surface area contributed by atoms with Crippen molar-refractivity contribution in [2.75, 3.05) is 11.9 Å². The van der Waals surface area contributed by atoms with E-state index in [1.807, 2.05) is 4.57 Å². The van der Waals surface area contributed by atoms with E-state index in [1.54, 1.807) is 6.07 Å². The highest BCUT2D eigenvalue weighted by molar-refractivity contribution is 5.84. The van der Waals surface area contributed by atoms with Gasteiger partial charge in [-0.05, 0) is 31.4 Å². The van der Waals surface area contributed by atoms with Crippen LogP contribution in [0.3, 0.4) is 0 Å². The van der Waals surface area contributed by atoms with Crippen LogP contribution in [-0.4, -0.2) is 16.2 Å². The fourth-order valence-electron chi connectivity index (χ4n) is 3.93. The third-order valence-electron chi connectivity index (χ3n) is 5.42. The lowest BCUT2D eigenvalue weighted by molar-refractivity contribution is 0.451. The minimum atomic E-state index is -0.501. The maximum absolute atomic E-state index is 14.5. The van der Waals surface area contributed by atoms with Gasteiger partial charge in [-0.1, -0.05) is 45.4 Å². The summed E-state index contributed by atoms with van der Waals surface area (Å²) in [6.07, 6.45) is 11.6. The van der Waals surface area contributed by atoms with Gasteiger partial charge in [-0.3, -0.25) is 4.79 Å². The predicted molar refractivity (Wildman–Crippen MR) is 105 cm³/mol. The zero-order chi connectivity index (χ0) is 18.5. The van der Waals surface area contributed by atoms with Gasteiger partial charge in [0.15, 0.2) is 5.75 Å². The molecule has 0 saturated heterocycles. The average Bonchev–Trinajstić information content (AvgIpc) is 3.16. The minimum Gasteiger partial charge on any atom is -0.503 e. The van der Waals surface area contributed by atoms with Gasteiger partial charge in [0.2, 0.25) is 5.43 Å². The normalized spacial score (nSPS) is 15.0. The van der Waals surface area contributed by atoms with Crippen LogP contribution in [0.1, 0.15) is 70.8 Å². The van der Waals surface area contributed by atoms with Gasteiger partial charge in [0.25, 0.3) is 0 Å². The third-order valence-corrected chi connectivity index (χ3v) is 5.42. The van der Waals surface area contributed by atoms with Gasteiger partial charge in [-0.2, -0.15) is 0 Å². The molecule has 1 aromatic carbocycles. The van der Waals surface area contributed by atoms with Gasteiger partial charge in [-0.25, -0.2) is 4.39 Å². The molecule has 2 N–H and O–H groups in total. The monoisotopic (exact) mass is 360 g/mol. The van der Waals surface area contributed by atoms with Crippen molar-refractivity contribution in [2.24, 2.45) is 0 Å². The molecule has 0 unspecified atom stereocenters. The summed E-state index contributed by atoms with van der Waals surface area (Å²) in [7, 11) is 0. The van der Waals surface area contributed by atoms with E-state index in [1.165, 1.54) is 31.5 Å². The Hall–Kier alpha value is -2.04. The number of rotatable bonds is 8. The van der Waals surface area contributed by atoms with Crippen LogP contribution in [0.2, 0.25) is 0 Å². The summed E-state index contributed by atoms with van der Waals surface area (Å²) in [5, 5.41) is 13.4. The van der Waals surface area contributed by atoms with Crippen molar-refractivity contribution in [3.05, 3.63) is 34.4 Å². The number of benzene rings is 1. The predicted octanol–water partition coefficient (Wildman–Crippen LogP) is 5.34. The van der Waals surface area contributed by atoms with Gasteiger partial charge < -0.3 is 15.0 Å². The van der Waals surface area contributed by atoms with Gasteiger partial charge in [0, 0.05) is 12.6 Å². The second-order valence-corrected chi connectivity index (χ2v) is 7.38. The second kappa shape index (κ2) is 8.56. The van der Waals surface area contributed by atoms with Gasteiger partial charge in [0.05, 0.1) is 22.8 Å². The first-order chi connectivity index (χ1) is 12.6. The Labute approximate surface area is 154 Å². The number of fused-ring (bicyclic) bond motifs is 1. The Kier molecular flexibility index (Phi) is 6.17. The number of halogens is 1. The molecule has 0 atom stereocenters. The van der Waals surface area contributed by atoms with Crippen LogP contribution in [0.4, 0.5) is 10.1 Å². The highest BCUT2D eigenvalue weighted by Gasteiger charge is 2.21. The molecule has 0 aliphatic heterocycles. The summed E-state index contributed by atoms with van der Waals surface area (Å²) in [5.74, 6) is -0.743. The highest BCUT2D eigenvalue weighted by Crippen LogP contribution is 2.33. The number of hydrogen-bond acceptors (Lipinski definition) is 3. The Morgan fingerprint density at radius 3 is 2.65 bits per heavy atom. The SMILES string of the molecule is CCCCCCCNc1cc2c(cc1F)c(=O)c(O)cn2C1CCCC1. The number of hydrogen-bond donors (Lipinski definition) is 2. The molecule has 4 nitrogen and oxygen atoms in total. The summed E-state index contributed by atoms with van der Waals surface area (Å²) in [6, 6.07) is 3.26. The highest BCUT2D eigenvalue weighted by atomic mass is 19.1. The second-order valence-electron chi connectivity index (χ2n) is 7.38. The smallest absolute Gasteiger partial charge is 0.231 e. The maximum Gasteiger partial charge on any atom is 0.231 e. The van der Waals surface area contributed by atoms with Crippen LogP contribution in [0.5, 0.6) is 5.75 Å². The van der Waals surface area contributed by atoms with E-state index in [9.17, 15) is 14.3 Å². The third kappa shape index (κ3) is 4.02. The topological polar surface area (TPSA) is 54.3 Å². The fraction of sp³-hybridized carbons (Fsp3) is 0.571. The average molecular weight is 360 g/mol. The summed E-state index contributed by atoms with van der Waals surface area (Å²) in [5.41, 5.74) is 0.638. The Bertz CT molecular complexity index is 810. The van der Waals surface area contributed by atoms with Gasteiger partial charge >= 0.3 is 0 Å². The quantitative estimate of drug-likeness (QED) is 0.625. The van der Waals surface area contributed by atoms with Crippen LogP contribution < -0.4 is 10.7 Å². The molecule has 1 aromatic heterocycles. The van der Waals surface area contributed by atoms with Crippen LogP contribution in [-0.2, 0) is 0 Å². The molecule has 1 aliphatic carbocycles. The van der Waals surface area contributed by atoms with Crippen LogP contribution in [0.25, 0.3) is 10.9 Å². The van der Waals surface area contributed by atoms with Crippen molar-refractivity contribution in [2.45, 2.75) is 70.8 Å². The molecular formula is C21H29FN2O2. The molecule has 5 heteroatoms. The van der Waals surface area contributed by atoms with E-state index in [4.69, 9.17) is 0 Å². The van der Waals surface area contributed by atoms with Crippen molar-refractivity contribution in [3.8, 4) is 5.75 Å². The standard InChI is InChI=1S/C21H29FN2O2/c1-2-3-4-5-8-11-23-18-13-19-16(12-17(18)22)21(26)20(25)14-24(19)15-9-6-7-10-15/h12-15,23,25H,2-11H2,1H3.